The Labute approximate surface area is 250 Å². The number of phenolic OH excluding ortho intramolecular Hbond substituents is 1. The fourth-order valence-corrected chi connectivity index (χ4v) is 4.02. The van der Waals surface area contributed by atoms with Crippen molar-refractivity contribution in [2.45, 2.75) is 76.5 Å². The summed E-state index contributed by atoms with van der Waals surface area (Å²) in [4.78, 5) is 59.1. The maximum atomic E-state index is 13.4. The molecule has 0 spiro atoms. The van der Waals surface area contributed by atoms with E-state index >= 15 is 0 Å². The van der Waals surface area contributed by atoms with Gasteiger partial charge in [-0.1, -0.05) is 26.0 Å². The number of aromatic hydroxyl groups is 1. The highest BCUT2D eigenvalue weighted by Gasteiger charge is 2.30. The van der Waals surface area contributed by atoms with Crippen LogP contribution in [0.3, 0.4) is 0 Å². The molecule has 16 nitrogen and oxygen atoms in total. The monoisotopic (exact) mass is 606 g/mol. The first kappa shape index (κ1) is 36.4. The molecule has 0 saturated carbocycles. The topological polar surface area (TPSA) is 300 Å². The van der Waals surface area contributed by atoms with E-state index in [4.69, 9.17) is 28.7 Å². The van der Waals surface area contributed by atoms with Gasteiger partial charge in [0.1, 0.15) is 23.9 Å². The van der Waals surface area contributed by atoms with Gasteiger partial charge in [-0.25, -0.2) is 4.79 Å². The Morgan fingerprint density at radius 3 is 1.77 bits per heavy atom. The zero-order valence-electron chi connectivity index (χ0n) is 24.7. The van der Waals surface area contributed by atoms with E-state index in [1.54, 1.807) is 12.1 Å². The summed E-state index contributed by atoms with van der Waals surface area (Å²) in [6.07, 6.45) is 1.28. The lowest BCUT2D eigenvalue weighted by Crippen LogP contribution is -2.57. The predicted octanol–water partition coefficient (Wildman–Crippen LogP) is -2.05. The van der Waals surface area contributed by atoms with Gasteiger partial charge >= 0.3 is 5.97 Å². The fraction of sp³-hybridized carbons (Fsp3) is 0.556. The zero-order valence-corrected chi connectivity index (χ0v) is 24.7. The molecule has 43 heavy (non-hydrogen) atoms. The van der Waals surface area contributed by atoms with E-state index in [0.29, 0.717) is 18.4 Å². The van der Waals surface area contributed by atoms with Gasteiger partial charge < -0.3 is 54.8 Å². The molecular weight excluding hydrogens is 560 g/mol. The molecule has 4 unspecified atom stereocenters. The summed E-state index contributed by atoms with van der Waals surface area (Å²) >= 11 is 0. The van der Waals surface area contributed by atoms with E-state index in [9.17, 15) is 29.4 Å². The SMILES string of the molecule is CC(C)CC(NC(=O)C(CCCN=C(N)N)NC(=O)C(N)CCCN=C(N)N)C(=O)NC(Cc1ccc(O)cc1)C(=O)O. The average Bonchev–Trinajstić information content (AvgIpc) is 2.92. The molecule has 0 fully saturated rings. The molecule has 3 amide bonds. The number of aliphatic carboxylic acids is 1. The Morgan fingerprint density at radius 1 is 0.767 bits per heavy atom. The Morgan fingerprint density at radius 2 is 1.26 bits per heavy atom. The van der Waals surface area contributed by atoms with Crippen LogP contribution in [0.15, 0.2) is 34.3 Å². The van der Waals surface area contributed by atoms with Gasteiger partial charge in [0, 0.05) is 19.5 Å². The van der Waals surface area contributed by atoms with E-state index in [2.05, 4.69) is 25.9 Å². The van der Waals surface area contributed by atoms with Crippen LogP contribution in [0.2, 0.25) is 0 Å². The number of carbonyl (C=O) groups excluding carboxylic acids is 3. The predicted molar refractivity (Wildman–Crippen MR) is 162 cm³/mol. The lowest BCUT2D eigenvalue weighted by atomic mass is 10.0. The number of carbonyl (C=O) groups is 4. The van der Waals surface area contributed by atoms with Gasteiger partial charge in [0.2, 0.25) is 17.7 Å². The third-order valence-electron chi connectivity index (χ3n) is 6.21. The van der Waals surface area contributed by atoms with Crippen molar-refractivity contribution in [3.63, 3.8) is 0 Å². The molecule has 15 N–H and O–H groups in total. The molecule has 0 saturated heterocycles. The Kier molecular flexibility index (Phi) is 15.9. The van der Waals surface area contributed by atoms with Crippen LogP contribution in [-0.4, -0.2) is 83.1 Å². The molecule has 1 rings (SSSR count). The molecular formula is C27H46N10O6. The second-order valence-corrected chi connectivity index (χ2v) is 10.5. The van der Waals surface area contributed by atoms with Crippen molar-refractivity contribution in [3.05, 3.63) is 29.8 Å². The standard InChI is InChI=1S/C27H46N10O6/c1-15(2)13-20(24(41)37-21(25(42)43)14-16-7-9-17(38)10-8-16)36-23(40)19(6-4-12-34-27(31)32)35-22(39)18(28)5-3-11-33-26(29)30/h7-10,15,18-21,38H,3-6,11-14,28H2,1-2H3,(H,35,39)(H,36,40)(H,37,41)(H,42,43)(H4,29,30,33)(H4,31,32,34). The van der Waals surface area contributed by atoms with Gasteiger partial charge in [-0.2, -0.15) is 0 Å². The van der Waals surface area contributed by atoms with Crippen molar-refractivity contribution in [2.75, 3.05) is 13.1 Å². The number of hydrogen-bond donors (Lipinski definition) is 10. The maximum Gasteiger partial charge on any atom is 0.326 e. The largest absolute Gasteiger partial charge is 0.508 e. The maximum absolute atomic E-state index is 13.4. The second kappa shape index (κ2) is 18.8. The molecule has 1 aromatic rings. The van der Waals surface area contributed by atoms with Crippen molar-refractivity contribution in [2.24, 2.45) is 44.6 Å². The number of nitrogens with zero attached hydrogens (tertiary/aromatic N) is 2. The number of hydrogen-bond acceptors (Lipinski definition) is 8. The van der Waals surface area contributed by atoms with Crippen molar-refractivity contribution in [1.29, 1.82) is 0 Å². The van der Waals surface area contributed by atoms with Gasteiger partial charge in [0.05, 0.1) is 6.04 Å². The van der Waals surface area contributed by atoms with Crippen LogP contribution >= 0.6 is 0 Å². The van der Waals surface area contributed by atoms with E-state index in [1.165, 1.54) is 12.1 Å². The minimum Gasteiger partial charge on any atom is -0.508 e. The molecule has 0 radical (unpaired) electrons. The fourth-order valence-electron chi connectivity index (χ4n) is 4.02. The first-order valence-corrected chi connectivity index (χ1v) is 14.0. The number of amides is 3. The number of phenols is 1. The molecule has 16 heteroatoms. The van der Waals surface area contributed by atoms with Crippen LogP contribution in [0.25, 0.3) is 0 Å². The summed E-state index contributed by atoms with van der Waals surface area (Å²) in [6.45, 7) is 4.16. The number of rotatable bonds is 19. The van der Waals surface area contributed by atoms with Crippen LogP contribution in [0.5, 0.6) is 5.75 Å². The molecule has 4 atom stereocenters. The minimum atomic E-state index is -1.30. The van der Waals surface area contributed by atoms with Crippen molar-refractivity contribution in [3.8, 4) is 5.75 Å². The Hall–Kier alpha value is -4.60. The van der Waals surface area contributed by atoms with Crippen LogP contribution in [0.4, 0.5) is 0 Å². The molecule has 0 aliphatic rings. The summed E-state index contributed by atoms with van der Waals surface area (Å²) in [5.41, 5.74) is 27.9. The number of benzene rings is 1. The number of guanidine groups is 2. The minimum absolute atomic E-state index is 0.0196. The second-order valence-electron chi connectivity index (χ2n) is 10.5. The lowest BCUT2D eigenvalue weighted by molar-refractivity contribution is -0.142. The van der Waals surface area contributed by atoms with Gasteiger partial charge in [0.15, 0.2) is 11.9 Å². The van der Waals surface area contributed by atoms with Gasteiger partial charge in [-0.3, -0.25) is 24.4 Å². The van der Waals surface area contributed by atoms with Crippen LogP contribution in [-0.2, 0) is 25.6 Å². The summed E-state index contributed by atoms with van der Waals surface area (Å²) in [7, 11) is 0. The smallest absolute Gasteiger partial charge is 0.326 e. The first-order chi connectivity index (χ1) is 20.2. The lowest BCUT2D eigenvalue weighted by Gasteiger charge is -2.26. The Balaban J connectivity index is 3.03. The summed E-state index contributed by atoms with van der Waals surface area (Å²) in [5, 5.41) is 27.0. The quantitative estimate of drug-likeness (QED) is 0.0464. The van der Waals surface area contributed by atoms with Crippen molar-refractivity contribution < 1.29 is 29.4 Å². The van der Waals surface area contributed by atoms with Gasteiger partial charge in [0.25, 0.3) is 0 Å². The van der Waals surface area contributed by atoms with Gasteiger partial charge in [-0.15, -0.1) is 0 Å². The molecule has 0 aliphatic heterocycles. The zero-order chi connectivity index (χ0) is 32.5. The number of nitrogens with two attached hydrogens (primary N) is 5. The first-order valence-electron chi connectivity index (χ1n) is 14.0. The number of aliphatic imine (C=N–C) groups is 2. The van der Waals surface area contributed by atoms with Crippen LogP contribution in [0.1, 0.15) is 51.5 Å². The molecule has 0 bridgehead atoms. The van der Waals surface area contributed by atoms with Crippen molar-refractivity contribution >= 4 is 35.6 Å². The van der Waals surface area contributed by atoms with E-state index in [-0.39, 0.29) is 62.4 Å². The highest BCUT2D eigenvalue weighted by Crippen LogP contribution is 2.13. The summed E-state index contributed by atoms with van der Waals surface area (Å²) < 4.78 is 0. The summed E-state index contributed by atoms with van der Waals surface area (Å²) in [6, 6.07) is 1.49. The molecule has 1 aromatic carbocycles. The third kappa shape index (κ3) is 15.3. The summed E-state index contributed by atoms with van der Waals surface area (Å²) in [5.74, 6) is -3.44. The normalized spacial score (nSPS) is 13.6. The number of carboxylic acids is 1. The van der Waals surface area contributed by atoms with Crippen LogP contribution in [0, 0.1) is 5.92 Å². The van der Waals surface area contributed by atoms with E-state index in [0.717, 1.165) is 0 Å². The van der Waals surface area contributed by atoms with Crippen molar-refractivity contribution in [1.82, 2.24) is 16.0 Å². The van der Waals surface area contributed by atoms with Gasteiger partial charge in [-0.05, 0) is 55.7 Å². The molecule has 0 aromatic heterocycles. The highest BCUT2D eigenvalue weighted by atomic mass is 16.4. The number of carboxylic acid groups (broad SMARTS) is 1. The average molecular weight is 607 g/mol. The third-order valence-corrected chi connectivity index (χ3v) is 6.21. The number of nitrogens with one attached hydrogen (secondary N) is 3. The van der Waals surface area contributed by atoms with E-state index < -0.39 is 47.9 Å². The molecule has 240 valence electrons. The van der Waals surface area contributed by atoms with Crippen LogP contribution < -0.4 is 44.6 Å². The highest BCUT2D eigenvalue weighted by molar-refractivity contribution is 5.94. The van der Waals surface area contributed by atoms with E-state index in [1.807, 2.05) is 13.8 Å². The molecule has 0 heterocycles. The Bertz CT molecular complexity index is 1120. The molecule has 0 aliphatic carbocycles.